The summed E-state index contributed by atoms with van der Waals surface area (Å²) in [6.07, 6.45) is 3.33. The summed E-state index contributed by atoms with van der Waals surface area (Å²) < 4.78 is 9.70. The van der Waals surface area contributed by atoms with Crippen LogP contribution >= 0.6 is 23.2 Å². The maximum atomic E-state index is 12.3. The van der Waals surface area contributed by atoms with Crippen molar-refractivity contribution in [2.75, 3.05) is 14.2 Å². The van der Waals surface area contributed by atoms with Gasteiger partial charge in [-0.2, -0.15) is 0 Å². The molecule has 0 fully saturated rings. The summed E-state index contributed by atoms with van der Waals surface area (Å²) in [5.74, 6) is -1.19. The number of hydrogen-bond donors (Lipinski definition) is 0. The molecule has 0 amide bonds. The highest BCUT2D eigenvalue weighted by atomic mass is 35.5. The molecular formula is C19H17Cl2NO4. The first-order valence-corrected chi connectivity index (χ1v) is 8.36. The fourth-order valence-corrected chi connectivity index (χ4v) is 3.16. The van der Waals surface area contributed by atoms with Gasteiger partial charge in [-0.15, -0.1) is 0 Å². The van der Waals surface area contributed by atoms with E-state index in [1.165, 1.54) is 14.2 Å². The van der Waals surface area contributed by atoms with E-state index in [1.54, 1.807) is 44.2 Å². The van der Waals surface area contributed by atoms with Crippen LogP contribution in [-0.4, -0.2) is 31.1 Å². The predicted octanol–water partition coefficient (Wildman–Crippen LogP) is 4.75. The zero-order valence-electron chi connectivity index (χ0n) is 14.7. The Hall–Kier alpha value is -2.37. The van der Waals surface area contributed by atoms with Gasteiger partial charge < -0.3 is 9.47 Å². The van der Waals surface area contributed by atoms with Crippen molar-refractivity contribution in [1.82, 2.24) is 4.98 Å². The van der Waals surface area contributed by atoms with Gasteiger partial charge in [-0.3, -0.25) is 4.98 Å². The van der Waals surface area contributed by atoms with Crippen molar-refractivity contribution in [2.24, 2.45) is 0 Å². The zero-order chi connectivity index (χ0) is 19.4. The number of carbonyl (C=O) groups excluding carboxylic acids is 2. The van der Waals surface area contributed by atoms with E-state index in [-0.39, 0.29) is 11.1 Å². The number of hydrogen-bond acceptors (Lipinski definition) is 5. The Balaban J connectivity index is 2.72. The number of rotatable bonds is 4. The smallest absolute Gasteiger partial charge is 0.340 e. The number of aryl methyl sites for hydroxylation is 2. The molecule has 136 valence electrons. The van der Waals surface area contributed by atoms with Crippen LogP contribution in [0.5, 0.6) is 0 Å². The highest BCUT2D eigenvalue weighted by Crippen LogP contribution is 2.26. The van der Waals surface area contributed by atoms with Crippen LogP contribution in [0.3, 0.4) is 0 Å². The first kappa shape index (κ1) is 19.9. The number of halogens is 2. The maximum Gasteiger partial charge on any atom is 0.340 e. The van der Waals surface area contributed by atoms with Gasteiger partial charge in [-0.25, -0.2) is 9.59 Å². The van der Waals surface area contributed by atoms with E-state index >= 15 is 0 Å². The molecule has 2 rings (SSSR count). The minimum absolute atomic E-state index is 0.197. The number of carbonyl (C=O) groups is 2. The lowest BCUT2D eigenvalue weighted by Crippen LogP contribution is -2.16. The molecule has 0 radical (unpaired) electrons. The maximum absolute atomic E-state index is 12.3. The van der Waals surface area contributed by atoms with Gasteiger partial charge in [-0.1, -0.05) is 35.4 Å². The van der Waals surface area contributed by atoms with E-state index in [9.17, 15) is 9.59 Å². The Morgan fingerprint density at radius 2 is 1.35 bits per heavy atom. The number of benzene rings is 1. The summed E-state index contributed by atoms with van der Waals surface area (Å²) >= 11 is 12.0. The van der Waals surface area contributed by atoms with Gasteiger partial charge in [0.25, 0.3) is 0 Å². The lowest BCUT2D eigenvalue weighted by atomic mass is 9.97. The summed E-state index contributed by atoms with van der Waals surface area (Å²) in [7, 11) is 2.54. The van der Waals surface area contributed by atoms with Crippen LogP contribution < -0.4 is 0 Å². The van der Waals surface area contributed by atoms with Gasteiger partial charge in [0, 0.05) is 15.6 Å². The molecule has 7 heteroatoms. The molecule has 1 aromatic carbocycles. The van der Waals surface area contributed by atoms with Gasteiger partial charge in [0.2, 0.25) is 0 Å². The second-order valence-corrected chi connectivity index (χ2v) is 6.34. The Bertz CT molecular complexity index is 846. The average molecular weight is 394 g/mol. The number of methoxy groups -OCH3 is 2. The van der Waals surface area contributed by atoms with Gasteiger partial charge >= 0.3 is 11.9 Å². The highest BCUT2D eigenvalue weighted by Gasteiger charge is 2.24. The molecule has 0 aliphatic carbocycles. The minimum atomic E-state index is -0.594. The molecule has 0 aliphatic heterocycles. The third kappa shape index (κ3) is 4.23. The first-order chi connectivity index (χ1) is 12.3. The third-order valence-electron chi connectivity index (χ3n) is 3.70. The number of pyridine rings is 1. The van der Waals surface area contributed by atoms with Crippen LogP contribution in [0.15, 0.2) is 18.2 Å². The molecule has 0 N–H and O–H groups in total. The van der Waals surface area contributed by atoms with Crippen LogP contribution in [-0.2, 0) is 9.47 Å². The third-order valence-corrected chi connectivity index (χ3v) is 4.14. The molecule has 0 spiro atoms. The molecule has 0 aliphatic rings. The van der Waals surface area contributed by atoms with E-state index in [0.717, 1.165) is 0 Å². The molecule has 0 saturated carbocycles. The lowest BCUT2D eigenvalue weighted by molar-refractivity contribution is 0.0596. The van der Waals surface area contributed by atoms with E-state index in [1.807, 2.05) is 0 Å². The summed E-state index contributed by atoms with van der Waals surface area (Å²) in [5, 5.41) is 0.946. The lowest BCUT2D eigenvalue weighted by Gasteiger charge is -2.14. The Morgan fingerprint density at radius 3 is 1.77 bits per heavy atom. The van der Waals surface area contributed by atoms with Gasteiger partial charge in [0.1, 0.15) is 0 Å². The minimum Gasteiger partial charge on any atom is -0.465 e. The van der Waals surface area contributed by atoms with Crippen molar-refractivity contribution < 1.29 is 19.1 Å². The number of ether oxygens (including phenoxy) is 2. The molecule has 26 heavy (non-hydrogen) atoms. The van der Waals surface area contributed by atoms with E-state index < -0.39 is 11.9 Å². The molecule has 0 saturated heterocycles. The van der Waals surface area contributed by atoms with Crippen LogP contribution in [0, 0.1) is 13.8 Å². The van der Waals surface area contributed by atoms with Crippen LogP contribution in [0.4, 0.5) is 0 Å². The van der Waals surface area contributed by atoms with Crippen LogP contribution in [0.25, 0.3) is 12.2 Å². The summed E-state index contributed by atoms with van der Waals surface area (Å²) in [6, 6.07) is 5.03. The topological polar surface area (TPSA) is 65.5 Å². The van der Waals surface area contributed by atoms with Gasteiger partial charge in [-0.05, 0) is 37.6 Å². The quantitative estimate of drug-likeness (QED) is 0.701. The average Bonchev–Trinajstić information content (AvgIpc) is 2.57. The normalized spacial score (nSPS) is 10.8. The highest BCUT2D eigenvalue weighted by molar-refractivity contribution is 6.34. The molecule has 2 aromatic rings. The monoisotopic (exact) mass is 393 g/mol. The number of nitrogens with zero attached hydrogens (tertiary/aromatic N) is 1. The summed E-state index contributed by atoms with van der Waals surface area (Å²) in [6.45, 7) is 3.35. The van der Waals surface area contributed by atoms with Crippen molar-refractivity contribution in [1.29, 1.82) is 0 Å². The SMILES string of the molecule is COC(=O)c1c(C)nc(C)c(C(=O)OC)c1/C=C/c1cc(Cl)cc(Cl)c1. The number of esters is 2. The Kier molecular flexibility index (Phi) is 6.40. The van der Waals surface area contributed by atoms with Gasteiger partial charge in [0.15, 0.2) is 0 Å². The van der Waals surface area contributed by atoms with Crippen LogP contribution in [0.2, 0.25) is 10.0 Å². The van der Waals surface area contributed by atoms with E-state index in [4.69, 9.17) is 32.7 Å². The van der Waals surface area contributed by atoms with Crippen molar-refractivity contribution in [2.45, 2.75) is 13.8 Å². The molecule has 1 aromatic heterocycles. The largest absolute Gasteiger partial charge is 0.465 e. The number of aromatic nitrogens is 1. The summed E-state index contributed by atoms with van der Waals surface area (Å²) in [4.78, 5) is 28.8. The summed E-state index contributed by atoms with van der Waals surface area (Å²) in [5.41, 5.74) is 2.37. The van der Waals surface area contributed by atoms with Gasteiger partial charge in [0.05, 0.1) is 36.7 Å². The second kappa shape index (κ2) is 8.34. The standard InChI is InChI=1S/C19H17Cl2NO4/c1-10-16(18(23)25-3)15(17(11(2)22-10)19(24)26-4)6-5-12-7-13(20)9-14(21)8-12/h5-9H,1-4H3/b6-5+. The van der Waals surface area contributed by atoms with E-state index in [2.05, 4.69) is 4.98 Å². The predicted molar refractivity (Wildman–Crippen MR) is 102 cm³/mol. The molecular weight excluding hydrogens is 377 g/mol. The fourth-order valence-electron chi connectivity index (χ4n) is 2.62. The first-order valence-electron chi connectivity index (χ1n) is 7.60. The molecule has 0 unspecified atom stereocenters. The molecule has 1 heterocycles. The van der Waals surface area contributed by atoms with Crippen molar-refractivity contribution in [3.8, 4) is 0 Å². The molecule has 5 nitrogen and oxygen atoms in total. The zero-order valence-corrected chi connectivity index (χ0v) is 16.2. The van der Waals surface area contributed by atoms with Crippen molar-refractivity contribution in [3.05, 3.63) is 61.9 Å². The fraction of sp³-hybridized carbons (Fsp3) is 0.211. The van der Waals surface area contributed by atoms with E-state index in [0.29, 0.717) is 32.6 Å². The van der Waals surface area contributed by atoms with Crippen molar-refractivity contribution >= 4 is 47.3 Å². The Morgan fingerprint density at radius 1 is 0.885 bits per heavy atom. The molecule has 0 atom stereocenters. The van der Waals surface area contributed by atoms with Crippen LogP contribution in [0.1, 0.15) is 43.2 Å². The molecule has 0 bridgehead atoms. The van der Waals surface area contributed by atoms with Crippen molar-refractivity contribution in [3.63, 3.8) is 0 Å². The Labute approximate surface area is 161 Å². The second-order valence-electron chi connectivity index (χ2n) is 5.47.